The van der Waals surface area contributed by atoms with E-state index in [-0.39, 0.29) is 11.7 Å². The van der Waals surface area contributed by atoms with E-state index in [1.807, 2.05) is 24.3 Å². The molecule has 0 spiro atoms. The zero-order chi connectivity index (χ0) is 9.26. The zero-order valence-electron chi connectivity index (χ0n) is 7.29. The van der Waals surface area contributed by atoms with Crippen LogP contribution in [0.1, 0.15) is 34.7 Å². The number of ketones is 1. The molecule has 0 N–H and O–H groups in total. The Morgan fingerprint density at radius 2 is 1.92 bits per heavy atom. The summed E-state index contributed by atoms with van der Waals surface area (Å²) < 4.78 is 0. The molecule has 0 saturated heterocycles. The number of Topliss-reactive ketones (excluding diaryl/α,β-unsaturated/α-hetero) is 1. The van der Waals surface area contributed by atoms with Crippen molar-refractivity contribution in [3.05, 3.63) is 35.4 Å². The summed E-state index contributed by atoms with van der Waals surface area (Å²) in [6.07, 6.45) is 2.59. The lowest BCUT2D eigenvalue weighted by molar-refractivity contribution is 0.102. The molecule has 0 unspecified atom stereocenters. The van der Waals surface area contributed by atoms with E-state index in [2.05, 4.69) is 0 Å². The highest BCUT2D eigenvalue weighted by atomic mass is 35.5. The monoisotopic (exact) mass is 194 g/mol. The molecule has 68 valence electrons. The van der Waals surface area contributed by atoms with Crippen molar-refractivity contribution in [2.45, 2.75) is 18.8 Å². The predicted molar refractivity (Wildman–Crippen MR) is 53.5 cm³/mol. The van der Waals surface area contributed by atoms with Crippen molar-refractivity contribution in [1.82, 2.24) is 0 Å². The SMILES string of the molecule is O=C(CCl)c1ccc(C2CC2)cc1. The topological polar surface area (TPSA) is 17.1 Å². The Labute approximate surface area is 82.7 Å². The first-order chi connectivity index (χ1) is 6.31. The van der Waals surface area contributed by atoms with Gasteiger partial charge < -0.3 is 0 Å². The Hall–Kier alpha value is -0.820. The molecule has 1 aromatic rings. The molecule has 0 aromatic heterocycles. The van der Waals surface area contributed by atoms with E-state index >= 15 is 0 Å². The number of carbonyl (C=O) groups is 1. The molecule has 13 heavy (non-hydrogen) atoms. The average molecular weight is 195 g/mol. The second-order valence-electron chi connectivity index (χ2n) is 3.45. The summed E-state index contributed by atoms with van der Waals surface area (Å²) in [6, 6.07) is 7.83. The van der Waals surface area contributed by atoms with Gasteiger partial charge in [0, 0.05) is 5.56 Å². The number of alkyl halides is 1. The highest BCUT2D eigenvalue weighted by molar-refractivity contribution is 6.30. The van der Waals surface area contributed by atoms with Crippen molar-refractivity contribution >= 4 is 17.4 Å². The van der Waals surface area contributed by atoms with Gasteiger partial charge in [0.15, 0.2) is 5.78 Å². The van der Waals surface area contributed by atoms with Crippen molar-refractivity contribution in [3.8, 4) is 0 Å². The van der Waals surface area contributed by atoms with Crippen molar-refractivity contribution in [2.24, 2.45) is 0 Å². The van der Waals surface area contributed by atoms with Gasteiger partial charge in [-0.2, -0.15) is 0 Å². The Morgan fingerprint density at radius 3 is 2.38 bits per heavy atom. The predicted octanol–water partition coefficient (Wildman–Crippen LogP) is 2.99. The second kappa shape index (κ2) is 3.51. The molecule has 2 rings (SSSR count). The maximum atomic E-state index is 11.2. The highest BCUT2D eigenvalue weighted by Crippen LogP contribution is 2.39. The molecule has 0 aliphatic heterocycles. The molecular weight excluding hydrogens is 184 g/mol. The van der Waals surface area contributed by atoms with Crippen LogP contribution >= 0.6 is 11.6 Å². The Balaban J connectivity index is 2.17. The van der Waals surface area contributed by atoms with Gasteiger partial charge in [-0.3, -0.25) is 4.79 Å². The van der Waals surface area contributed by atoms with Crippen LogP contribution in [0.3, 0.4) is 0 Å². The van der Waals surface area contributed by atoms with E-state index in [9.17, 15) is 4.79 Å². The first-order valence-electron chi connectivity index (χ1n) is 4.50. The number of halogens is 1. The van der Waals surface area contributed by atoms with Gasteiger partial charge in [0.2, 0.25) is 0 Å². The summed E-state index contributed by atoms with van der Waals surface area (Å²) >= 11 is 5.45. The molecule has 0 atom stereocenters. The molecule has 1 aliphatic carbocycles. The first-order valence-corrected chi connectivity index (χ1v) is 5.04. The van der Waals surface area contributed by atoms with E-state index in [1.165, 1.54) is 18.4 Å². The fourth-order valence-electron chi connectivity index (χ4n) is 1.43. The normalized spacial score (nSPS) is 15.8. The smallest absolute Gasteiger partial charge is 0.177 e. The molecule has 0 radical (unpaired) electrons. The van der Waals surface area contributed by atoms with Crippen LogP contribution in [-0.2, 0) is 0 Å². The maximum Gasteiger partial charge on any atom is 0.177 e. The van der Waals surface area contributed by atoms with E-state index in [0.29, 0.717) is 0 Å². The van der Waals surface area contributed by atoms with Gasteiger partial charge in [-0.1, -0.05) is 24.3 Å². The van der Waals surface area contributed by atoms with Gasteiger partial charge >= 0.3 is 0 Å². The lowest BCUT2D eigenvalue weighted by Gasteiger charge is -1.99. The van der Waals surface area contributed by atoms with Crippen LogP contribution < -0.4 is 0 Å². The molecule has 2 heteroatoms. The van der Waals surface area contributed by atoms with Crippen LogP contribution in [0.15, 0.2) is 24.3 Å². The molecule has 0 heterocycles. The molecular formula is C11H11ClO. The van der Waals surface area contributed by atoms with E-state index in [0.717, 1.165) is 11.5 Å². The average Bonchev–Trinajstić information content (AvgIpc) is 3.00. The van der Waals surface area contributed by atoms with Gasteiger partial charge in [0.1, 0.15) is 0 Å². The number of hydrogen-bond acceptors (Lipinski definition) is 1. The third-order valence-electron chi connectivity index (χ3n) is 2.40. The molecule has 0 amide bonds. The molecule has 1 aliphatic rings. The van der Waals surface area contributed by atoms with E-state index in [4.69, 9.17) is 11.6 Å². The van der Waals surface area contributed by atoms with Crippen LogP contribution in [-0.4, -0.2) is 11.7 Å². The number of carbonyl (C=O) groups excluding carboxylic acids is 1. The Bertz CT molecular complexity index is 311. The standard InChI is InChI=1S/C11H11ClO/c12-7-11(13)10-5-3-9(4-6-10)8-1-2-8/h3-6,8H,1-2,7H2. The lowest BCUT2D eigenvalue weighted by atomic mass is 10.1. The van der Waals surface area contributed by atoms with Crippen molar-refractivity contribution in [1.29, 1.82) is 0 Å². The fraction of sp³-hybridized carbons (Fsp3) is 0.364. The van der Waals surface area contributed by atoms with Gasteiger partial charge in [0.05, 0.1) is 5.88 Å². The number of rotatable bonds is 3. The second-order valence-corrected chi connectivity index (χ2v) is 3.72. The van der Waals surface area contributed by atoms with Crippen molar-refractivity contribution in [2.75, 3.05) is 5.88 Å². The summed E-state index contributed by atoms with van der Waals surface area (Å²) in [4.78, 5) is 11.2. The van der Waals surface area contributed by atoms with E-state index in [1.54, 1.807) is 0 Å². The summed E-state index contributed by atoms with van der Waals surface area (Å²) in [5.41, 5.74) is 2.07. The van der Waals surface area contributed by atoms with Crippen molar-refractivity contribution in [3.63, 3.8) is 0 Å². The number of benzene rings is 1. The van der Waals surface area contributed by atoms with Crippen LogP contribution in [0.25, 0.3) is 0 Å². The third kappa shape index (κ3) is 1.92. The van der Waals surface area contributed by atoms with Gasteiger partial charge in [0.25, 0.3) is 0 Å². The van der Waals surface area contributed by atoms with Crippen LogP contribution in [0.5, 0.6) is 0 Å². The highest BCUT2D eigenvalue weighted by Gasteiger charge is 2.23. The van der Waals surface area contributed by atoms with Gasteiger partial charge in [-0.25, -0.2) is 0 Å². The molecule has 1 nitrogen and oxygen atoms in total. The molecule has 0 bridgehead atoms. The Kier molecular flexibility index (Phi) is 2.36. The molecule has 1 saturated carbocycles. The summed E-state index contributed by atoms with van der Waals surface area (Å²) in [6.45, 7) is 0. The maximum absolute atomic E-state index is 11.2. The van der Waals surface area contributed by atoms with Crippen LogP contribution in [0, 0.1) is 0 Å². The quantitative estimate of drug-likeness (QED) is 0.534. The fourth-order valence-corrected chi connectivity index (χ4v) is 1.59. The van der Waals surface area contributed by atoms with Gasteiger partial charge in [-0.05, 0) is 24.3 Å². The first kappa shape index (κ1) is 8.76. The molecule has 1 fully saturated rings. The van der Waals surface area contributed by atoms with Crippen molar-refractivity contribution < 1.29 is 4.79 Å². The minimum Gasteiger partial charge on any atom is -0.293 e. The van der Waals surface area contributed by atoms with Crippen LogP contribution in [0.4, 0.5) is 0 Å². The zero-order valence-corrected chi connectivity index (χ0v) is 8.05. The minimum absolute atomic E-state index is 0.00372. The summed E-state index contributed by atoms with van der Waals surface area (Å²) in [7, 11) is 0. The molecule has 1 aromatic carbocycles. The summed E-state index contributed by atoms with van der Waals surface area (Å²) in [5.74, 6) is 0.826. The number of hydrogen-bond donors (Lipinski definition) is 0. The Morgan fingerprint density at radius 1 is 1.31 bits per heavy atom. The third-order valence-corrected chi connectivity index (χ3v) is 2.65. The van der Waals surface area contributed by atoms with Crippen LogP contribution in [0.2, 0.25) is 0 Å². The minimum atomic E-state index is 0.00372. The van der Waals surface area contributed by atoms with Gasteiger partial charge in [-0.15, -0.1) is 11.6 Å². The largest absolute Gasteiger partial charge is 0.293 e. The van der Waals surface area contributed by atoms with E-state index < -0.39 is 0 Å². The lowest BCUT2D eigenvalue weighted by Crippen LogP contribution is -1.99. The summed E-state index contributed by atoms with van der Waals surface area (Å²) in [5, 5.41) is 0.